The number of carbonyl (C=O) groups excluding carboxylic acids is 2. The molecular formula is C12H19F3N2O3. The first kappa shape index (κ1) is 16.7. The summed E-state index contributed by atoms with van der Waals surface area (Å²) in [7, 11) is 0. The van der Waals surface area contributed by atoms with E-state index in [0.717, 1.165) is 0 Å². The van der Waals surface area contributed by atoms with E-state index in [1.165, 1.54) is 0 Å². The fourth-order valence-electron chi connectivity index (χ4n) is 1.86. The molecule has 1 saturated heterocycles. The maximum atomic E-state index is 12.1. The molecule has 5 nitrogen and oxygen atoms in total. The second-order valence-electron chi connectivity index (χ2n) is 4.58. The molecule has 0 aliphatic carbocycles. The molecule has 0 aromatic rings. The van der Waals surface area contributed by atoms with Gasteiger partial charge in [-0.15, -0.1) is 0 Å². The number of amides is 2. The van der Waals surface area contributed by atoms with E-state index in [1.54, 1.807) is 11.8 Å². The van der Waals surface area contributed by atoms with Crippen LogP contribution in [0.15, 0.2) is 0 Å². The molecule has 1 heterocycles. The third-order valence-electron chi connectivity index (χ3n) is 3.00. The van der Waals surface area contributed by atoms with Crippen molar-refractivity contribution in [2.45, 2.75) is 38.4 Å². The van der Waals surface area contributed by atoms with Crippen molar-refractivity contribution >= 4 is 11.8 Å². The molecule has 8 heteroatoms. The molecule has 0 unspecified atom stereocenters. The fraction of sp³-hybridized carbons (Fsp3) is 0.833. The van der Waals surface area contributed by atoms with Crippen LogP contribution in [-0.4, -0.2) is 55.2 Å². The summed E-state index contributed by atoms with van der Waals surface area (Å²) >= 11 is 0. The van der Waals surface area contributed by atoms with Crippen LogP contribution >= 0.6 is 0 Å². The Labute approximate surface area is 115 Å². The van der Waals surface area contributed by atoms with E-state index in [4.69, 9.17) is 4.74 Å². The molecule has 1 N–H and O–H groups in total. The van der Waals surface area contributed by atoms with Crippen molar-refractivity contribution in [2.75, 3.05) is 26.3 Å². The van der Waals surface area contributed by atoms with E-state index < -0.39 is 31.0 Å². The topological polar surface area (TPSA) is 58.6 Å². The van der Waals surface area contributed by atoms with Gasteiger partial charge in [-0.1, -0.05) is 6.92 Å². The smallest absolute Gasteiger partial charge is 0.378 e. The summed E-state index contributed by atoms with van der Waals surface area (Å²) in [4.78, 5) is 25.1. The molecule has 0 saturated carbocycles. The molecule has 20 heavy (non-hydrogen) atoms. The minimum absolute atomic E-state index is 0.267. The Bertz CT molecular complexity index is 341. The Kier molecular flexibility index (Phi) is 6.25. The minimum Gasteiger partial charge on any atom is -0.378 e. The van der Waals surface area contributed by atoms with Gasteiger partial charge in [-0.05, 0) is 6.42 Å². The summed E-state index contributed by atoms with van der Waals surface area (Å²) in [6.07, 6.45) is -5.86. The van der Waals surface area contributed by atoms with Crippen LogP contribution in [0.1, 0.15) is 26.2 Å². The first-order valence-corrected chi connectivity index (χ1v) is 6.56. The van der Waals surface area contributed by atoms with Crippen molar-refractivity contribution in [1.29, 1.82) is 0 Å². The standard InChI is InChI=1S/C12H19F3N2O3/c1-2-9(11(19)17-5-7-20-8-6-17)16-10(18)3-4-12(13,14)15/h9H,2-8H2,1H3,(H,16,18)/t9-/m0/s1. The van der Waals surface area contributed by atoms with Gasteiger partial charge < -0.3 is 15.0 Å². The number of rotatable bonds is 5. The average Bonchev–Trinajstić information content (AvgIpc) is 2.42. The Hall–Kier alpha value is -1.31. The first-order valence-electron chi connectivity index (χ1n) is 6.56. The molecule has 0 aromatic heterocycles. The van der Waals surface area contributed by atoms with Crippen LogP contribution < -0.4 is 5.32 Å². The summed E-state index contributed by atoms with van der Waals surface area (Å²) in [6.45, 7) is 3.45. The lowest BCUT2D eigenvalue weighted by molar-refractivity contribution is -0.146. The maximum absolute atomic E-state index is 12.1. The van der Waals surface area contributed by atoms with Crippen LogP contribution in [0.4, 0.5) is 13.2 Å². The van der Waals surface area contributed by atoms with Gasteiger partial charge in [0.2, 0.25) is 11.8 Å². The summed E-state index contributed by atoms with van der Waals surface area (Å²) in [5, 5.41) is 2.37. The number of hydrogen-bond acceptors (Lipinski definition) is 3. The van der Waals surface area contributed by atoms with Crippen molar-refractivity contribution in [2.24, 2.45) is 0 Å². The molecule has 1 atom stereocenters. The van der Waals surface area contributed by atoms with E-state index >= 15 is 0 Å². The Balaban J connectivity index is 2.45. The molecule has 0 aromatic carbocycles. The van der Waals surface area contributed by atoms with Gasteiger partial charge in [0, 0.05) is 19.5 Å². The number of hydrogen-bond donors (Lipinski definition) is 1. The zero-order chi connectivity index (χ0) is 15.2. The van der Waals surface area contributed by atoms with E-state index in [2.05, 4.69) is 5.32 Å². The van der Waals surface area contributed by atoms with Crippen molar-refractivity contribution < 1.29 is 27.5 Å². The predicted molar refractivity (Wildman–Crippen MR) is 64.9 cm³/mol. The van der Waals surface area contributed by atoms with Crippen LogP contribution in [0.25, 0.3) is 0 Å². The number of alkyl halides is 3. The highest BCUT2D eigenvalue weighted by Crippen LogP contribution is 2.21. The molecular weight excluding hydrogens is 277 g/mol. The van der Waals surface area contributed by atoms with Crippen LogP contribution in [-0.2, 0) is 14.3 Å². The molecule has 1 rings (SSSR count). The zero-order valence-corrected chi connectivity index (χ0v) is 11.3. The molecule has 0 spiro atoms. The minimum atomic E-state index is -4.37. The third-order valence-corrected chi connectivity index (χ3v) is 3.00. The highest BCUT2D eigenvalue weighted by molar-refractivity contribution is 5.87. The van der Waals surface area contributed by atoms with E-state index in [-0.39, 0.29) is 5.91 Å². The van der Waals surface area contributed by atoms with Crippen LogP contribution in [0, 0.1) is 0 Å². The van der Waals surface area contributed by atoms with Gasteiger partial charge in [0.1, 0.15) is 6.04 Å². The fourth-order valence-corrected chi connectivity index (χ4v) is 1.86. The van der Waals surface area contributed by atoms with E-state index in [0.29, 0.717) is 32.7 Å². The summed E-state index contributed by atoms with van der Waals surface area (Å²) < 4.78 is 41.2. The zero-order valence-electron chi connectivity index (χ0n) is 11.3. The van der Waals surface area contributed by atoms with Crippen molar-refractivity contribution in [3.8, 4) is 0 Å². The number of nitrogens with one attached hydrogen (secondary N) is 1. The van der Waals surface area contributed by atoms with Crippen molar-refractivity contribution in [1.82, 2.24) is 10.2 Å². The Morgan fingerprint density at radius 2 is 1.90 bits per heavy atom. The van der Waals surface area contributed by atoms with E-state index in [9.17, 15) is 22.8 Å². The Morgan fingerprint density at radius 1 is 1.30 bits per heavy atom. The summed E-state index contributed by atoms with van der Waals surface area (Å²) in [6, 6.07) is -0.770. The number of nitrogens with zero attached hydrogens (tertiary/aromatic N) is 1. The lowest BCUT2D eigenvalue weighted by atomic mass is 10.1. The predicted octanol–water partition coefficient (Wildman–Crippen LogP) is 1.08. The first-order chi connectivity index (χ1) is 9.33. The molecule has 2 amide bonds. The van der Waals surface area contributed by atoms with Crippen molar-refractivity contribution in [3.63, 3.8) is 0 Å². The van der Waals surface area contributed by atoms with Gasteiger partial charge in [0.25, 0.3) is 0 Å². The normalized spacial score (nSPS) is 17.7. The number of halogens is 3. The Morgan fingerprint density at radius 3 is 2.40 bits per heavy atom. The lowest BCUT2D eigenvalue weighted by Gasteiger charge is -2.30. The number of carbonyl (C=O) groups is 2. The van der Waals surface area contributed by atoms with Crippen LogP contribution in [0.3, 0.4) is 0 Å². The monoisotopic (exact) mass is 296 g/mol. The SMILES string of the molecule is CC[C@H](NC(=O)CCC(F)(F)F)C(=O)N1CCOCC1. The number of morpholine rings is 1. The second kappa shape index (κ2) is 7.47. The van der Waals surface area contributed by atoms with Gasteiger partial charge in [-0.2, -0.15) is 13.2 Å². The average molecular weight is 296 g/mol. The van der Waals surface area contributed by atoms with Crippen LogP contribution in [0.2, 0.25) is 0 Å². The molecule has 1 aliphatic heterocycles. The van der Waals surface area contributed by atoms with Gasteiger partial charge in [0.15, 0.2) is 0 Å². The maximum Gasteiger partial charge on any atom is 0.389 e. The van der Waals surface area contributed by atoms with Gasteiger partial charge in [-0.25, -0.2) is 0 Å². The van der Waals surface area contributed by atoms with Crippen LogP contribution in [0.5, 0.6) is 0 Å². The van der Waals surface area contributed by atoms with Gasteiger partial charge in [-0.3, -0.25) is 9.59 Å². The molecule has 0 bridgehead atoms. The summed E-state index contributed by atoms with van der Waals surface area (Å²) in [5.74, 6) is -1.02. The third kappa shape index (κ3) is 5.77. The van der Waals surface area contributed by atoms with E-state index in [1.807, 2.05) is 0 Å². The highest BCUT2D eigenvalue weighted by atomic mass is 19.4. The van der Waals surface area contributed by atoms with Gasteiger partial charge >= 0.3 is 6.18 Å². The quantitative estimate of drug-likeness (QED) is 0.826. The highest BCUT2D eigenvalue weighted by Gasteiger charge is 2.30. The lowest BCUT2D eigenvalue weighted by Crippen LogP contribution is -2.51. The largest absolute Gasteiger partial charge is 0.389 e. The summed E-state index contributed by atoms with van der Waals surface area (Å²) in [5.41, 5.74) is 0. The molecule has 116 valence electrons. The second-order valence-corrected chi connectivity index (χ2v) is 4.58. The van der Waals surface area contributed by atoms with Gasteiger partial charge in [0.05, 0.1) is 19.6 Å². The molecule has 1 fully saturated rings. The molecule has 0 radical (unpaired) electrons. The number of ether oxygens (including phenoxy) is 1. The molecule has 1 aliphatic rings. The van der Waals surface area contributed by atoms with Crippen molar-refractivity contribution in [3.05, 3.63) is 0 Å².